The van der Waals surface area contributed by atoms with Gasteiger partial charge in [-0.15, -0.1) is 0 Å². The van der Waals surface area contributed by atoms with Crippen LogP contribution in [0.2, 0.25) is 0 Å². The summed E-state index contributed by atoms with van der Waals surface area (Å²) >= 11 is 0. The first-order chi connectivity index (χ1) is 6.75. The number of hydrogen-bond acceptors (Lipinski definition) is 3. The highest BCUT2D eigenvalue weighted by molar-refractivity contribution is 5.83. The van der Waals surface area contributed by atoms with Gasteiger partial charge in [0.05, 0.1) is 25.4 Å². The van der Waals surface area contributed by atoms with Crippen molar-refractivity contribution in [2.45, 2.75) is 25.9 Å². The van der Waals surface area contributed by atoms with Crippen LogP contribution in [0.3, 0.4) is 0 Å². The van der Waals surface area contributed by atoms with Gasteiger partial charge in [0.15, 0.2) is 0 Å². The van der Waals surface area contributed by atoms with Crippen molar-refractivity contribution in [1.29, 1.82) is 0 Å². The molecular weight excluding hydrogens is 180 g/mol. The number of carbonyl (C=O) groups is 1. The van der Waals surface area contributed by atoms with Crippen molar-refractivity contribution >= 4 is 5.78 Å². The molecule has 2 atom stereocenters. The molecule has 2 heterocycles. The molecule has 3 nitrogen and oxygen atoms in total. The smallest absolute Gasteiger partial charge is 0.145 e. The Hall–Kier alpha value is -1.09. The predicted molar refractivity (Wildman–Crippen MR) is 50.9 cm³/mol. The second kappa shape index (κ2) is 3.96. The number of furan rings is 1. The van der Waals surface area contributed by atoms with Crippen LogP contribution >= 0.6 is 0 Å². The molecule has 3 heteroatoms. The summed E-state index contributed by atoms with van der Waals surface area (Å²) < 4.78 is 10.5. The summed E-state index contributed by atoms with van der Waals surface area (Å²) in [6, 6.07) is 3.63. The third-order valence-corrected chi connectivity index (χ3v) is 2.58. The lowest BCUT2D eigenvalue weighted by Crippen LogP contribution is -2.16. The maximum atomic E-state index is 11.7. The molecule has 0 aromatic carbocycles. The van der Waals surface area contributed by atoms with Gasteiger partial charge in [-0.3, -0.25) is 4.79 Å². The average Bonchev–Trinajstić information content (AvgIpc) is 2.75. The molecule has 1 aromatic heterocycles. The minimum atomic E-state index is 0.0649. The minimum Gasteiger partial charge on any atom is -0.469 e. The lowest BCUT2D eigenvalue weighted by atomic mass is 9.98. The topological polar surface area (TPSA) is 39.4 Å². The maximum Gasteiger partial charge on any atom is 0.145 e. The molecule has 1 aliphatic rings. The number of ether oxygens (including phenoxy) is 1. The van der Waals surface area contributed by atoms with E-state index in [0.717, 1.165) is 12.2 Å². The van der Waals surface area contributed by atoms with Gasteiger partial charge in [-0.1, -0.05) is 0 Å². The third-order valence-electron chi connectivity index (χ3n) is 2.58. The summed E-state index contributed by atoms with van der Waals surface area (Å²) in [7, 11) is 0. The molecule has 0 aliphatic carbocycles. The molecule has 0 bridgehead atoms. The van der Waals surface area contributed by atoms with E-state index in [1.807, 2.05) is 13.0 Å². The highest BCUT2D eigenvalue weighted by Crippen LogP contribution is 2.21. The van der Waals surface area contributed by atoms with Crippen LogP contribution < -0.4 is 0 Å². The fourth-order valence-corrected chi connectivity index (χ4v) is 1.77. The van der Waals surface area contributed by atoms with Crippen LogP contribution in [0.15, 0.2) is 22.8 Å². The normalized spacial score (nSPS) is 26.6. The van der Waals surface area contributed by atoms with Crippen LogP contribution in [-0.4, -0.2) is 18.5 Å². The van der Waals surface area contributed by atoms with Crippen LogP contribution in [0.4, 0.5) is 0 Å². The van der Waals surface area contributed by atoms with Crippen molar-refractivity contribution in [3.63, 3.8) is 0 Å². The van der Waals surface area contributed by atoms with E-state index in [1.165, 1.54) is 0 Å². The summed E-state index contributed by atoms with van der Waals surface area (Å²) in [5.41, 5.74) is 0. The largest absolute Gasteiger partial charge is 0.469 e. The van der Waals surface area contributed by atoms with Crippen molar-refractivity contribution in [1.82, 2.24) is 0 Å². The molecule has 76 valence electrons. The van der Waals surface area contributed by atoms with E-state index in [0.29, 0.717) is 13.0 Å². The second-order valence-corrected chi connectivity index (χ2v) is 3.80. The van der Waals surface area contributed by atoms with Gasteiger partial charge in [0.25, 0.3) is 0 Å². The van der Waals surface area contributed by atoms with E-state index < -0.39 is 0 Å². The van der Waals surface area contributed by atoms with Gasteiger partial charge in [0.2, 0.25) is 0 Å². The quantitative estimate of drug-likeness (QED) is 0.736. The van der Waals surface area contributed by atoms with E-state index in [9.17, 15) is 4.79 Å². The lowest BCUT2D eigenvalue weighted by Gasteiger charge is -2.04. The molecule has 14 heavy (non-hydrogen) atoms. The summed E-state index contributed by atoms with van der Waals surface area (Å²) in [5, 5.41) is 0. The molecule has 0 saturated carbocycles. The fraction of sp³-hybridized carbons (Fsp3) is 0.545. The molecule has 0 spiro atoms. The number of Topliss-reactive ketones (excluding diaryl/α,β-unsaturated/α-hetero) is 1. The molecule has 0 N–H and O–H groups in total. The van der Waals surface area contributed by atoms with E-state index in [1.54, 1.807) is 12.3 Å². The molecule has 1 aliphatic heterocycles. The van der Waals surface area contributed by atoms with Crippen molar-refractivity contribution in [3.8, 4) is 0 Å². The maximum absolute atomic E-state index is 11.7. The number of carbonyl (C=O) groups excluding carboxylic acids is 1. The van der Waals surface area contributed by atoms with Gasteiger partial charge in [-0.25, -0.2) is 0 Å². The van der Waals surface area contributed by atoms with E-state index in [-0.39, 0.29) is 17.8 Å². The van der Waals surface area contributed by atoms with Crippen molar-refractivity contribution < 1.29 is 13.9 Å². The molecule has 1 aromatic rings. The Balaban J connectivity index is 1.90. The van der Waals surface area contributed by atoms with E-state index in [4.69, 9.17) is 9.15 Å². The standard InChI is InChI=1S/C11H14O3/c1-8-5-9(7-14-8)11(12)6-10-3-2-4-13-10/h2-4,8-9H,5-7H2,1H3. The van der Waals surface area contributed by atoms with Crippen molar-refractivity contribution in [3.05, 3.63) is 24.2 Å². The van der Waals surface area contributed by atoms with Gasteiger partial charge in [-0.05, 0) is 25.5 Å². The summed E-state index contributed by atoms with van der Waals surface area (Å²) in [4.78, 5) is 11.7. The Bertz CT molecular complexity index is 302. The highest BCUT2D eigenvalue weighted by Gasteiger charge is 2.28. The Morgan fingerprint density at radius 3 is 3.07 bits per heavy atom. The summed E-state index contributed by atoms with van der Waals surface area (Å²) in [5.74, 6) is 1.04. The second-order valence-electron chi connectivity index (χ2n) is 3.80. The summed E-state index contributed by atoms with van der Waals surface area (Å²) in [6.07, 6.45) is 3.06. The third kappa shape index (κ3) is 2.04. The summed E-state index contributed by atoms with van der Waals surface area (Å²) in [6.45, 7) is 2.57. The highest BCUT2D eigenvalue weighted by atomic mass is 16.5. The van der Waals surface area contributed by atoms with E-state index in [2.05, 4.69) is 0 Å². The van der Waals surface area contributed by atoms with Crippen LogP contribution in [0, 0.1) is 5.92 Å². The van der Waals surface area contributed by atoms with Gasteiger partial charge in [-0.2, -0.15) is 0 Å². The Labute approximate surface area is 83.0 Å². The lowest BCUT2D eigenvalue weighted by molar-refractivity contribution is -0.122. The molecule has 0 radical (unpaired) electrons. The van der Waals surface area contributed by atoms with Gasteiger partial charge in [0.1, 0.15) is 11.5 Å². The molecule has 2 unspecified atom stereocenters. The molecule has 1 saturated heterocycles. The van der Waals surface area contributed by atoms with E-state index >= 15 is 0 Å². The molecular formula is C11H14O3. The average molecular weight is 194 g/mol. The Morgan fingerprint density at radius 2 is 2.50 bits per heavy atom. The van der Waals surface area contributed by atoms with Gasteiger partial charge in [0, 0.05) is 5.92 Å². The zero-order valence-corrected chi connectivity index (χ0v) is 8.23. The Morgan fingerprint density at radius 1 is 1.64 bits per heavy atom. The minimum absolute atomic E-state index is 0.0649. The number of ketones is 1. The fourth-order valence-electron chi connectivity index (χ4n) is 1.77. The SMILES string of the molecule is CC1CC(C(=O)Cc2ccco2)CO1. The number of rotatable bonds is 3. The zero-order valence-electron chi connectivity index (χ0n) is 8.23. The van der Waals surface area contributed by atoms with Crippen LogP contribution in [0.5, 0.6) is 0 Å². The molecule has 1 fully saturated rings. The first-order valence-electron chi connectivity index (χ1n) is 4.92. The predicted octanol–water partition coefficient (Wildman–Crippen LogP) is 1.82. The first kappa shape index (κ1) is 9.46. The molecule has 2 rings (SSSR count). The van der Waals surface area contributed by atoms with Crippen LogP contribution in [0.25, 0.3) is 0 Å². The molecule has 0 amide bonds. The zero-order chi connectivity index (χ0) is 9.97. The van der Waals surface area contributed by atoms with Crippen molar-refractivity contribution in [2.75, 3.05) is 6.61 Å². The van der Waals surface area contributed by atoms with Crippen molar-refractivity contribution in [2.24, 2.45) is 5.92 Å². The number of hydrogen-bond donors (Lipinski definition) is 0. The van der Waals surface area contributed by atoms with Gasteiger partial charge < -0.3 is 9.15 Å². The Kier molecular flexibility index (Phi) is 2.68. The van der Waals surface area contributed by atoms with Crippen LogP contribution in [-0.2, 0) is 16.0 Å². The van der Waals surface area contributed by atoms with Gasteiger partial charge >= 0.3 is 0 Å². The monoisotopic (exact) mass is 194 g/mol. The first-order valence-corrected chi connectivity index (χ1v) is 4.92. The van der Waals surface area contributed by atoms with Crippen LogP contribution in [0.1, 0.15) is 19.1 Å².